The largest absolute Gasteiger partial charge is 0.383 e. The number of methoxy groups -OCH3 is 1. The highest BCUT2D eigenvalue weighted by molar-refractivity contribution is 7.98. The first-order valence-corrected chi connectivity index (χ1v) is 7.56. The van der Waals surface area contributed by atoms with Gasteiger partial charge in [0.25, 0.3) is 0 Å². The fourth-order valence-corrected chi connectivity index (χ4v) is 2.57. The standard InChI is InChI=1S/C14H18FN3O2S/c1-16-10(8-19-2)7-14-17-13(18-20-14)9-21-12-6-4-3-5-11(12)15/h3-6,10,16H,7-9H2,1-2H3. The number of likely N-dealkylation sites (N-methyl/N-ethyl adjacent to an activating group) is 1. The zero-order chi connectivity index (χ0) is 15.1. The number of thioether (sulfide) groups is 1. The van der Waals surface area contributed by atoms with E-state index in [0.29, 0.717) is 35.4 Å². The first kappa shape index (κ1) is 15.9. The van der Waals surface area contributed by atoms with Gasteiger partial charge in [-0.25, -0.2) is 4.39 Å². The van der Waals surface area contributed by atoms with E-state index in [4.69, 9.17) is 9.26 Å². The lowest BCUT2D eigenvalue weighted by molar-refractivity contribution is 0.165. The molecule has 2 rings (SSSR count). The van der Waals surface area contributed by atoms with Gasteiger partial charge in [-0.1, -0.05) is 17.3 Å². The van der Waals surface area contributed by atoms with Crippen molar-refractivity contribution in [1.29, 1.82) is 0 Å². The topological polar surface area (TPSA) is 60.2 Å². The second kappa shape index (κ2) is 8.11. The third-order valence-electron chi connectivity index (χ3n) is 2.90. The predicted molar refractivity (Wildman–Crippen MR) is 78.7 cm³/mol. The van der Waals surface area contributed by atoms with Gasteiger partial charge in [-0.2, -0.15) is 4.98 Å². The molecular formula is C14H18FN3O2S. The number of ether oxygens (including phenoxy) is 1. The number of hydrogen-bond acceptors (Lipinski definition) is 6. The minimum atomic E-state index is -0.235. The highest BCUT2D eigenvalue weighted by atomic mass is 32.2. The van der Waals surface area contributed by atoms with Gasteiger partial charge in [0.05, 0.1) is 12.4 Å². The van der Waals surface area contributed by atoms with E-state index in [1.807, 2.05) is 7.05 Å². The van der Waals surface area contributed by atoms with Crippen LogP contribution in [-0.4, -0.2) is 36.9 Å². The summed E-state index contributed by atoms with van der Waals surface area (Å²) in [7, 11) is 3.50. The van der Waals surface area contributed by atoms with Crippen LogP contribution in [0.5, 0.6) is 0 Å². The molecule has 0 spiro atoms. The van der Waals surface area contributed by atoms with Crippen molar-refractivity contribution in [3.8, 4) is 0 Å². The molecular weight excluding hydrogens is 293 g/mol. The maximum absolute atomic E-state index is 13.5. The van der Waals surface area contributed by atoms with Gasteiger partial charge in [0.2, 0.25) is 5.89 Å². The molecule has 1 aromatic carbocycles. The van der Waals surface area contributed by atoms with Gasteiger partial charge in [-0.15, -0.1) is 11.8 Å². The maximum atomic E-state index is 13.5. The van der Waals surface area contributed by atoms with Crippen molar-refractivity contribution in [1.82, 2.24) is 15.5 Å². The van der Waals surface area contributed by atoms with E-state index in [9.17, 15) is 4.39 Å². The van der Waals surface area contributed by atoms with Crippen LogP contribution >= 0.6 is 11.8 Å². The summed E-state index contributed by atoms with van der Waals surface area (Å²) in [6, 6.07) is 6.76. The van der Waals surface area contributed by atoms with Crippen LogP contribution in [0.4, 0.5) is 4.39 Å². The Morgan fingerprint density at radius 2 is 2.24 bits per heavy atom. The van der Waals surface area contributed by atoms with Gasteiger partial charge in [-0.3, -0.25) is 0 Å². The number of aromatic nitrogens is 2. The summed E-state index contributed by atoms with van der Waals surface area (Å²) >= 11 is 1.35. The molecule has 1 N–H and O–H groups in total. The number of nitrogens with one attached hydrogen (secondary N) is 1. The zero-order valence-electron chi connectivity index (χ0n) is 12.0. The van der Waals surface area contributed by atoms with E-state index in [1.165, 1.54) is 17.8 Å². The average Bonchev–Trinajstić information content (AvgIpc) is 2.93. The molecule has 114 valence electrons. The molecule has 0 saturated heterocycles. The van der Waals surface area contributed by atoms with Crippen LogP contribution < -0.4 is 5.32 Å². The minimum absolute atomic E-state index is 0.127. The Bertz CT molecular complexity index is 565. The predicted octanol–water partition coefficient (Wildman–Crippen LogP) is 2.28. The molecule has 1 heterocycles. The van der Waals surface area contributed by atoms with E-state index in [1.54, 1.807) is 25.3 Å². The summed E-state index contributed by atoms with van der Waals surface area (Å²) in [4.78, 5) is 4.89. The fraction of sp³-hybridized carbons (Fsp3) is 0.429. The Hall–Kier alpha value is -1.44. The molecule has 0 aliphatic carbocycles. The van der Waals surface area contributed by atoms with Crippen LogP contribution in [0.25, 0.3) is 0 Å². The molecule has 7 heteroatoms. The van der Waals surface area contributed by atoms with Crippen molar-refractivity contribution in [2.45, 2.75) is 23.1 Å². The lowest BCUT2D eigenvalue weighted by Gasteiger charge is -2.11. The Kier molecular flexibility index (Phi) is 6.16. The molecule has 21 heavy (non-hydrogen) atoms. The Labute approximate surface area is 127 Å². The van der Waals surface area contributed by atoms with Gasteiger partial charge < -0.3 is 14.6 Å². The van der Waals surface area contributed by atoms with Gasteiger partial charge in [0.15, 0.2) is 5.82 Å². The number of nitrogens with zero attached hydrogens (tertiary/aromatic N) is 2. The van der Waals surface area contributed by atoms with Crippen molar-refractivity contribution in [2.75, 3.05) is 20.8 Å². The molecule has 0 aliphatic rings. The van der Waals surface area contributed by atoms with Crippen molar-refractivity contribution < 1.29 is 13.7 Å². The van der Waals surface area contributed by atoms with Crippen molar-refractivity contribution >= 4 is 11.8 Å². The number of halogens is 1. The molecule has 1 unspecified atom stereocenters. The molecule has 0 saturated carbocycles. The SMILES string of the molecule is CNC(COC)Cc1nc(CSc2ccccc2F)no1. The molecule has 2 aromatic rings. The third-order valence-corrected chi connectivity index (χ3v) is 3.95. The zero-order valence-corrected chi connectivity index (χ0v) is 12.8. The molecule has 1 aromatic heterocycles. The summed E-state index contributed by atoms with van der Waals surface area (Å²) in [5.41, 5.74) is 0. The van der Waals surface area contributed by atoms with Crippen LogP contribution in [0.15, 0.2) is 33.7 Å². The molecule has 0 amide bonds. The summed E-state index contributed by atoms with van der Waals surface area (Å²) in [5.74, 6) is 1.35. The number of benzene rings is 1. The van der Waals surface area contributed by atoms with Crippen molar-refractivity contribution in [3.05, 3.63) is 41.8 Å². The van der Waals surface area contributed by atoms with Gasteiger partial charge >= 0.3 is 0 Å². The van der Waals surface area contributed by atoms with Crippen LogP contribution in [0.3, 0.4) is 0 Å². The summed E-state index contributed by atoms with van der Waals surface area (Å²) < 4.78 is 23.8. The fourth-order valence-electron chi connectivity index (χ4n) is 1.79. The molecule has 1 atom stereocenters. The normalized spacial score (nSPS) is 12.5. The molecule has 0 bridgehead atoms. The van der Waals surface area contributed by atoms with Gasteiger partial charge in [0, 0.05) is 24.5 Å². The summed E-state index contributed by atoms with van der Waals surface area (Å²) in [5, 5.41) is 7.03. The lowest BCUT2D eigenvalue weighted by atomic mass is 10.2. The molecule has 0 aliphatic heterocycles. The van der Waals surface area contributed by atoms with Gasteiger partial charge in [-0.05, 0) is 19.2 Å². The van der Waals surface area contributed by atoms with E-state index >= 15 is 0 Å². The second-order valence-corrected chi connectivity index (χ2v) is 5.49. The van der Waals surface area contributed by atoms with E-state index in [0.717, 1.165) is 0 Å². The van der Waals surface area contributed by atoms with E-state index < -0.39 is 0 Å². The molecule has 5 nitrogen and oxygen atoms in total. The third kappa shape index (κ3) is 4.80. The molecule has 0 radical (unpaired) electrons. The first-order valence-electron chi connectivity index (χ1n) is 6.58. The highest BCUT2D eigenvalue weighted by Gasteiger charge is 2.13. The smallest absolute Gasteiger partial charge is 0.228 e. The molecule has 0 fully saturated rings. The quantitative estimate of drug-likeness (QED) is 0.755. The summed E-state index contributed by atoms with van der Waals surface area (Å²) in [6.07, 6.45) is 0.599. The van der Waals surface area contributed by atoms with Crippen LogP contribution in [0, 0.1) is 5.82 Å². The van der Waals surface area contributed by atoms with Crippen molar-refractivity contribution in [3.63, 3.8) is 0 Å². The summed E-state index contributed by atoms with van der Waals surface area (Å²) in [6.45, 7) is 0.568. The number of rotatable bonds is 8. The monoisotopic (exact) mass is 311 g/mol. The highest BCUT2D eigenvalue weighted by Crippen LogP contribution is 2.24. The van der Waals surface area contributed by atoms with Gasteiger partial charge in [0.1, 0.15) is 5.82 Å². The average molecular weight is 311 g/mol. The number of hydrogen-bond donors (Lipinski definition) is 1. The first-order chi connectivity index (χ1) is 10.2. The second-order valence-electron chi connectivity index (χ2n) is 4.47. The van der Waals surface area contributed by atoms with E-state index in [-0.39, 0.29) is 11.9 Å². The minimum Gasteiger partial charge on any atom is -0.383 e. The van der Waals surface area contributed by atoms with E-state index in [2.05, 4.69) is 15.5 Å². The Balaban J connectivity index is 1.90. The Morgan fingerprint density at radius 3 is 2.95 bits per heavy atom. The Morgan fingerprint density at radius 1 is 1.43 bits per heavy atom. The lowest BCUT2D eigenvalue weighted by Crippen LogP contribution is -2.32. The van der Waals surface area contributed by atoms with Crippen LogP contribution in [0.1, 0.15) is 11.7 Å². The van der Waals surface area contributed by atoms with Crippen molar-refractivity contribution in [2.24, 2.45) is 0 Å². The van der Waals surface area contributed by atoms with Crippen LogP contribution in [-0.2, 0) is 16.9 Å². The van der Waals surface area contributed by atoms with Crippen LogP contribution in [0.2, 0.25) is 0 Å². The maximum Gasteiger partial charge on any atom is 0.228 e.